The van der Waals surface area contributed by atoms with Gasteiger partial charge in [0.15, 0.2) is 5.16 Å². The number of anilines is 1. The first-order valence-corrected chi connectivity index (χ1v) is 9.59. The Kier molecular flexibility index (Phi) is 6.13. The largest absolute Gasteiger partial charge is 0.497 e. The molecule has 6 nitrogen and oxygen atoms in total. The Morgan fingerprint density at radius 3 is 2.74 bits per heavy atom. The monoisotopic (exact) mass is 382 g/mol. The smallest absolute Gasteiger partial charge is 0.237 e. The molecule has 1 heterocycles. The summed E-state index contributed by atoms with van der Waals surface area (Å²) in [5.41, 5.74) is 2.91. The molecule has 0 bridgehead atoms. The number of aromatic nitrogens is 3. The Morgan fingerprint density at radius 1 is 1.26 bits per heavy atom. The van der Waals surface area contributed by atoms with Gasteiger partial charge in [-0.05, 0) is 43.2 Å². The fraction of sp³-hybridized carbons (Fsp3) is 0.250. The highest BCUT2D eigenvalue weighted by Crippen LogP contribution is 2.26. The number of nitrogens with one attached hydrogen (secondary N) is 1. The quantitative estimate of drug-likeness (QED) is 0.627. The molecule has 3 aromatic rings. The van der Waals surface area contributed by atoms with Gasteiger partial charge in [-0.15, -0.1) is 10.2 Å². The molecule has 0 aliphatic heterocycles. The van der Waals surface area contributed by atoms with Gasteiger partial charge in [0.2, 0.25) is 5.91 Å². The molecule has 0 aliphatic carbocycles. The second-order valence-corrected chi connectivity index (χ2v) is 7.29. The second kappa shape index (κ2) is 8.73. The molecule has 1 amide bonds. The third-order valence-electron chi connectivity index (χ3n) is 4.13. The van der Waals surface area contributed by atoms with Crippen LogP contribution in [0.4, 0.5) is 5.69 Å². The number of hydrogen-bond acceptors (Lipinski definition) is 5. The molecule has 0 spiro atoms. The van der Waals surface area contributed by atoms with Crippen LogP contribution >= 0.6 is 11.8 Å². The van der Waals surface area contributed by atoms with Gasteiger partial charge in [-0.3, -0.25) is 9.36 Å². The van der Waals surface area contributed by atoms with E-state index < -0.39 is 0 Å². The Hall–Kier alpha value is -2.80. The number of rotatable bonds is 7. The number of benzene rings is 2. The van der Waals surface area contributed by atoms with Crippen LogP contribution in [0.5, 0.6) is 5.75 Å². The molecule has 0 aliphatic rings. The summed E-state index contributed by atoms with van der Waals surface area (Å²) in [7, 11) is 1.63. The fourth-order valence-corrected chi connectivity index (χ4v) is 3.36. The van der Waals surface area contributed by atoms with Crippen molar-refractivity contribution in [1.82, 2.24) is 14.8 Å². The highest BCUT2D eigenvalue weighted by Gasteiger charge is 2.18. The lowest BCUT2D eigenvalue weighted by Crippen LogP contribution is -2.22. The second-order valence-electron chi connectivity index (χ2n) is 5.98. The van der Waals surface area contributed by atoms with E-state index in [4.69, 9.17) is 4.74 Å². The van der Waals surface area contributed by atoms with Gasteiger partial charge < -0.3 is 10.1 Å². The van der Waals surface area contributed by atoms with Crippen molar-refractivity contribution in [2.75, 3.05) is 12.4 Å². The van der Waals surface area contributed by atoms with Crippen molar-refractivity contribution < 1.29 is 9.53 Å². The zero-order valence-corrected chi connectivity index (χ0v) is 16.4. The number of carbonyl (C=O) groups is 1. The molecule has 0 saturated carbocycles. The molecule has 140 valence electrons. The molecule has 3 rings (SSSR count). The first-order valence-electron chi connectivity index (χ1n) is 8.71. The molecule has 2 aromatic carbocycles. The van der Waals surface area contributed by atoms with Crippen LogP contribution in [-0.4, -0.2) is 33.0 Å². The van der Waals surface area contributed by atoms with Crippen LogP contribution < -0.4 is 10.1 Å². The van der Waals surface area contributed by atoms with Crippen LogP contribution in [0.2, 0.25) is 0 Å². The van der Waals surface area contributed by atoms with E-state index in [2.05, 4.69) is 22.4 Å². The lowest BCUT2D eigenvalue weighted by atomic mass is 10.1. The van der Waals surface area contributed by atoms with E-state index in [-0.39, 0.29) is 11.2 Å². The molecule has 0 fully saturated rings. The van der Waals surface area contributed by atoms with Crippen LogP contribution in [0.1, 0.15) is 19.4 Å². The van der Waals surface area contributed by atoms with Crippen molar-refractivity contribution >= 4 is 23.4 Å². The van der Waals surface area contributed by atoms with E-state index in [0.717, 1.165) is 23.5 Å². The van der Waals surface area contributed by atoms with Gasteiger partial charge in [0.05, 0.1) is 18.0 Å². The summed E-state index contributed by atoms with van der Waals surface area (Å²) in [5, 5.41) is 11.4. The van der Waals surface area contributed by atoms with E-state index in [9.17, 15) is 4.79 Å². The summed E-state index contributed by atoms with van der Waals surface area (Å²) >= 11 is 1.36. The maximum Gasteiger partial charge on any atom is 0.237 e. The first kappa shape index (κ1) is 19.0. The molecular formula is C20H22N4O2S. The number of methoxy groups -OCH3 is 1. The zero-order valence-electron chi connectivity index (χ0n) is 15.5. The number of amides is 1. The van der Waals surface area contributed by atoms with Crippen molar-refractivity contribution in [2.45, 2.75) is 30.7 Å². The lowest BCUT2D eigenvalue weighted by molar-refractivity contribution is -0.115. The van der Waals surface area contributed by atoms with Crippen molar-refractivity contribution in [3.63, 3.8) is 0 Å². The van der Waals surface area contributed by atoms with Gasteiger partial charge in [0.1, 0.15) is 12.1 Å². The average molecular weight is 382 g/mol. The molecule has 0 saturated heterocycles. The standard InChI is InChI=1S/C20H22N4O2S/c1-4-15-8-10-16(11-9-15)22-19(25)14(2)27-20-23-21-13-24(20)17-6-5-7-18(12-17)26-3/h5-14H,4H2,1-3H3,(H,22,25)/t14-/m0/s1. The molecular weight excluding hydrogens is 360 g/mol. The highest BCUT2D eigenvalue weighted by molar-refractivity contribution is 8.00. The van der Waals surface area contributed by atoms with E-state index in [0.29, 0.717) is 5.16 Å². The van der Waals surface area contributed by atoms with Crippen LogP contribution in [-0.2, 0) is 11.2 Å². The maximum absolute atomic E-state index is 12.5. The van der Waals surface area contributed by atoms with E-state index >= 15 is 0 Å². The number of ether oxygens (including phenoxy) is 1. The summed E-state index contributed by atoms with van der Waals surface area (Å²) < 4.78 is 7.11. The molecule has 1 atom stereocenters. The van der Waals surface area contributed by atoms with Gasteiger partial charge in [0.25, 0.3) is 0 Å². The van der Waals surface area contributed by atoms with Gasteiger partial charge in [-0.1, -0.05) is 36.9 Å². The Morgan fingerprint density at radius 2 is 2.04 bits per heavy atom. The van der Waals surface area contributed by atoms with Gasteiger partial charge >= 0.3 is 0 Å². The Bertz CT molecular complexity index is 908. The lowest BCUT2D eigenvalue weighted by Gasteiger charge is -2.13. The number of thioether (sulfide) groups is 1. The minimum absolute atomic E-state index is 0.0792. The third kappa shape index (κ3) is 4.68. The molecule has 7 heteroatoms. The minimum Gasteiger partial charge on any atom is -0.497 e. The maximum atomic E-state index is 12.5. The van der Waals surface area contributed by atoms with Gasteiger partial charge in [-0.2, -0.15) is 0 Å². The highest BCUT2D eigenvalue weighted by atomic mass is 32.2. The zero-order chi connectivity index (χ0) is 19.2. The fourth-order valence-electron chi connectivity index (χ4n) is 2.52. The molecule has 1 aromatic heterocycles. The molecule has 0 unspecified atom stereocenters. The van der Waals surface area contributed by atoms with Crippen LogP contribution in [0.15, 0.2) is 60.0 Å². The summed E-state index contributed by atoms with van der Waals surface area (Å²) in [6.45, 7) is 3.95. The molecule has 27 heavy (non-hydrogen) atoms. The van der Waals surface area contributed by atoms with E-state index in [1.54, 1.807) is 13.4 Å². The summed E-state index contributed by atoms with van der Waals surface area (Å²) in [6.07, 6.45) is 2.60. The predicted molar refractivity (Wildman–Crippen MR) is 108 cm³/mol. The Balaban J connectivity index is 1.69. The normalized spacial score (nSPS) is 11.8. The summed E-state index contributed by atoms with van der Waals surface area (Å²) in [6, 6.07) is 15.5. The number of aryl methyl sites for hydroxylation is 1. The third-order valence-corrected chi connectivity index (χ3v) is 5.19. The summed E-state index contributed by atoms with van der Waals surface area (Å²) in [4.78, 5) is 12.5. The van der Waals surface area contributed by atoms with Crippen LogP contribution in [0.25, 0.3) is 5.69 Å². The number of nitrogens with zero attached hydrogens (tertiary/aromatic N) is 3. The van der Waals surface area contributed by atoms with Crippen molar-refractivity contribution in [2.24, 2.45) is 0 Å². The van der Waals surface area contributed by atoms with Crippen LogP contribution in [0, 0.1) is 0 Å². The molecule has 1 N–H and O–H groups in total. The summed E-state index contributed by atoms with van der Waals surface area (Å²) in [5.74, 6) is 0.669. The average Bonchev–Trinajstić information content (AvgIpc) is 3.16. The van der Waals surface area contributed by atoms with Crippen LogP contribution in [0.3, 0.4) is 0 Å². The van der Waals surface area contributed by atoms with Crippen molar-refractivity contribution in [3.8, 4) is 11.4 Å². The predicted octanol–water partition coefficient (Wildman–Crippen LogP) is 3.96. The SMILES string of the molecule is CCc1ccc(NC(=O)[C@H](C)Sc2nncn2-c2cccc(OC)c2)cc1. The van der Waals surface area contributed by atoms with E-state index in [1.165, 1.54) is 17.3 Å². The van der Waals surface area contributed by atoms with Crippen molar-refractivity contribution in [1.29, 1.82) is 0 Å². The number of hydrogen-bond donors (Lipinski definition) is 1. The molecule has 0 radical (unpaired) electrons. The van der Waals surface area contributed by atoms with Gasteiger partial charge in [0, 0.05) is 11.8 Å². The number of carbonyl (C=O) groups excluding carboxylic acids is 1. The van der Waals surface area contributed by atoms with E-state index in [1.807, 2.05) is 60.0 Å². The first-order chi connectivity index (χ1) is 13.1. The Labute approximate surface area is 163 Å². The minimum atomic E-state index is -0.329. The van der Waals surface area contributed by atoms with Crippen molar-refractivity contribution in [3.05, 3.63) is 60.4 Å². The topological polar surface area (TPSA) is 69.0 Å². The van der Waals surface area contributed by atoms with Gasteiger partial charge in [-0.25, -0.2) is 0 Å².